The van der Waals surface area contributed by atoms with E-state index in [1.54, 1.807) is 30.6 Å². The molecule has 7 nitrogen and oxygen atoms in total. The second-order valence-corrected chi connectivity index (χ2v) is 7.99. The van der Waals surface area contributed by atoms with Crippen molar-refractivity contribution in [1.82, 2.24) is 15.0 Å². The number of hydrogen-bond donors (Lipinski definition) is 2. The van der Waals surface area contributed by atoms with Gasteiger partial charge in [0.25, 0.3) is 10.0 Å². The summed E-state index contributed by atoms with van der Waals surface area (Å²) in [5.41, 5.74) is 1.41. The number of nitrogens with zero attached hydrogens (tertiary/aromatic N) is 2. The van der Waals surface area contributed by atoms with Crippen molar-refractivity contribution in [2.75, 3.05) is 0 Å². The molecular weight excluding hydrogens is 352 g/mol. The molecule has 1 aromatic heterocycles. The lowest BCUT2D eigenvalue weighted by molar-refractivity contribution is -0.123. The van der Waals surface area contributed by atoms with E-state index in [4.69, 9.17) is 0 Å². The van der Waals surface area contributed by atoms with Gasteiger partial charge in [0.2, 0.25) is 5.91 Å². The molecular formula is C18H20N4O3S. The van der Waals surface area contributed by atoms with Gasteiger partial charge in [-0.15, -0.1) is 0 Å². The predicted molar refractivity (Wildman–Crippen MR) is 98.0 cm³/mol. The third kappa shape index (κ3) is 3.75. The number of hydrogen-bond acceptors (Lipinski definition) is 5. The molecule has 0 saturated heterocycles. The highest BCUT2D eigenvalue weighted by Crippen LogP contribution is 2.23. The van der Waals surface area contributed by atoms with Gasteiger partial charge in [-0.2, -0.15) is 0 Å². The Morgan fingerprint density at radius 3 is 2.58 bits per heavy atom. The Balaban J connectivity index is 1.83. The molecule has 2 heterocycles. The molecule has 0 bridgehead atoms. The number of aliphatic imine (C=N–C) groups is 1. The summed E-state index contributed by atoms with van der Waals surface area (Å²) in [5.74, 6) is -0.150. The molecule has 1 atom stereocenters. The number of sulfonamides is 1. The standard InChI is InChI=1S/C18H20N4O3S/c1-12(2)16(18(23)20-11-13-7-9-19-10-8-13)21-17-14-5-3-4-6-15(14)26(24,25)22-17/h3-10,12,16H,11H2,1-2H3,(H,20,23)(H,21,22)/t16-/m0/s1. The SMILES string of the molecule is CC(C)[C@H](N=C1NS(=O)(=O)c2ccccc21)C(=O)NCc1ccncc1. The molecule has 0 spiro atoms. The number of rotatable bonds is 5. The van der Waals surface area contributed by atoms with E-state index in [9.17, 15) is 13.2 Å². The fourth-order valence-corrected chi connectivity index (χ4v) is 3.91. The summed E-state index contributed by atoms with van der Waals surface area (Å²) >= 11 is 0. The Bertz CT molecular complexity index is 940. The summed E-state index contributed by atoms with van der Waals surface area (Å²) in [5, 5.41) is 2.85. The van der Waals surface area contributed by atoms with Gasteiger partial charge in [0.05, 0.1) is 4.90 Å². The fourth-order valence-electron chi connectivity index (χ4n) is 2.67. The minimum Gasteiger partial charge on any atom is -0.350 e. The molecule has 2 aromatic rings. The van der Waals surface area contributed by atoms with Crippen LogP contribution in [0.4, 0.5) is 0 Å². The number of carbonyl (C=O) groups is 1. The third-order valence-electron chi connectivity index (χ3n) is 4.05. The van der Waals surface area contributed by atoms with Gasteiger partial charge < -0.3 is 5.32 Å². The normalized spacial score (nSPS) is 17.6. The average Bonchev–Trinajstić information content (AvgIpc) is 2.89. The Kier molecular flexibility index (Phi) is 5.03. The predicted octanol–water partition coefficient (Wildman–Crippen LogP) is 1.46. The number of amides is 1. The van der Waals surface area contributed by atoms with Crippen molar-refractivity contribution in [3.63, 3.8) is 0 Å². The first-order valence-electron chi connectivity index (χ1n) is 8.25. The zero-order valence-electron chi connectivity index (χ0n) is 14.5. The van der Waals surface area contributed by atoms with Crippen molar-refractivity contribution in [3.8, 4) is 0 Å². The maximum Gasteiger partial charge on any atom is 0.263 e. The highest BCUT2D eigenvalue weighted by atomic mass is 32.2. The lowest BCUT2D eigenvalue weighted by Gasteiger charge is -2.17. The molecule has 1 aliphatic heterocycles. The van der Waals surface area contributed by atoms with Gasteiger partial charge in [0.1, 0.15) is 11.9 Å². The summed E-state index contributed by atoms with van der Waals surface area (Å²) in [4.78, 5) is 21.2. The molecule has 1 aromatic carbocycles. The minimum absolute atomic E-state index is 0.0998. The summed E-state index contributed by atoms with van der Waals surface area (Å²) in [6, 6.07) is 9.52. The molecule has 1 aliphatic rings. The molecule has 26 heavy (non-hydrogen) atoms. The molecule has 0 fully saturated rings. The number of carbonyl (C=O) groups excluding carboxylic acids is 1. The van der Waals surface area contributed by atoms with E-state index in [1.165, 1.54) is 6.07 Å². The second-order valence-electron chi connectivity index (χ2n) is 6.34. The van der Waals surface area contributed by atoms with Gasteiger partial charge >= 0.3 is 0 Å². The van der Waals surface area contributed by atoms with Crippen LogP contribution in [0.1, 0.15) is 25.0 Å². The van der Waals surface area contributed by atoms with Gasteiger partial charge in [-0.05, 0) is 35.7 Å². The number of fused-ring (bicyclic) bond motifs is 1. The van der Waals surface area contributed by atoms with Gasteiger partial charge in [0, 0.05) is 24.5 Å². The summed E-state index contributed by atoms with van der Waals surface area (Å²) in [6.45, 7) is 4.10. The molecule has 0 aliphatic carbocycles. The van der Waals surface area contributed by atoms with E-state index in [1.807, 2.05) is 26.0 Å². The van der Waals surface area contributed by atoms with Crippen molar-refractivity contribution < 1.29 is 13.2 Å². The number of pyridine rings is 1. The first kappa shape index (κ1) is 18.1. The third-order valence-corrected chi connectivity index (χ3v) is 5.44. The molecule has 0 unspecified atom stereocenters. The number of aromatic nitrogens is 1. The largest absolute Gasteiger partial charge is 0.350 e. The lowest BCUT2D eigenvalue weighted by Crippen LogP contribution is -2.38. The van der Waals surface area contributed by atoms with E-state index in [2.05, 4.69) is 20.0 Å². The van der Waals surface area contributed by atoms with Crippen LogP contribution in [0.3, 0.4) is 0 Å². The Labute approximate surface area is 152 Å². The van der Waals surface area contributed by atoms with E-state index in [0.717, 1.165) is 5.56 Å². The van der Waals surface area contributed by atoms with Crippen LogP contribution in [0.15, 0.2) is 58.7 Å². The van der Waals surface area contributed by atoms with E-state index >= 15 is 0 Å². The summed E-state index contributed by atoms with van der Waals surface area (Å²) in [6.07, 6.45) is 3.32. The number of nitrogens with one attached hydrogen (secondary N) is 2. The van der Waals surface area contributed by atoms with Crippen molar-refractivity contribution in [2.24, 2.45) is 10.9 Å². The van der Waals surface area contributed by atoms with Crippen LogP contribution in [-0.2, 0) is 21.4 Å². The lowest BCUT2D eigenvalue weighted by atomic mass is 10.0. The zero-order valence-corrected chi connectivity index (χ0v) is 15.3. The average molecular weight is 372 g/mol. The van der Waals surface area contributed by atoms with E-state index < -0.39 is 16.1 Å². The van der Waals surface area contributed by atoms with Gasteiger partial charge in [-0.25, -0.2) is 8.42 Å². The Morgan fingerprint density at radius 1 is 1.19 bits per heavy atom. The van der Waals surface area contributed by atoms with E-state index in [-0.39, 0.29) is 22.6 Å². The van der Waals surface area contributed by atoms with Crippen LogP contribution in [0.5, 0.6) is 0 Å². The molecule has 0 radical (unpaired) electrons. The zero-order chi connectivity index (χ0) is 18.7. The van der Waals surface area contributed by atoms with Crippen molar-refractivity contribution >= 4 is 21.8 Å². The summed E-state index contributed by atoms with van der Waals surface area (Å²) < 4.78 is 26.8. The first-order chi connectivity index (χ1) is 12.4. The van der Waals surface area contributed by atoms with Gasteiger partial charge in [0.15, 0.2) is 0 Å². The monoisotopic (exact) mass is 372 g/mol. The van der Waals surface area contributed by atoms with Crippen molar-refractivity contribution in [2.45, 2.75) is 31.3 Å². The highest BCUT2D eigenvalue weighted by molar-refractivity contribution is 7.90. The van der Waals surface area contributed by atoms with Crippen molar-refractivity contribution in [3.05, 3.63) is 59.9 Å². The smallest absolute Gasteiger partial charge is 0.263 e. The first-order valence-corrected chi connectivity index (χ1v) is 9.73. The van der Waals surface area contributed by atoms with Crippen LogP contribution < -0.4 is 10.0 Å². The Morgan fingerprint density at radius 2 is 1.88 bits per heavy atom. The Hall–Kier alpha value is -2.74. The number of amidine groups is 1. The van der Waals surface area contributed by atoms with Crippen LogP contribution in [-0.4, -0.2) is 31.2 Å². The molecule has 0 saturated carbocycles. The second kappa shape index (κ2) is 7.25. The minimum atomic E-state index is -3.63. The molecule has 136 valence electrons. The molecule has 3 rings (SSSR count). The quantitative estimate of drug-likeness (QED) is 0.830. The van der Waals surface area contributed by atoms with Gasteiger partial charge in [-0.3, -0.25) is 19.5 Å². The molecule has 1 amide bonds. The maximum absolute atomic E-state index is 12.6. The fraction of sp³-hybridized carbons (Fsp3) is 0.278. The topological polar surface area (TPSA) is 101 Å². The van der Waals surface area contributed by atoms with Crippen molar-refractivity contribution in [1.29, 1.82) is 0 Å². The van der Waals surface area contributed by atoms with Crippen LogP contribution in [0.25, 0.3) is 0 Å². The van der Waals surface area contributed by atoms with Crippen LogP contribution in [0, 0.1) is 5.92 Å². The maximum atomic E-state index is 12.6. The molecule has 2 N–H and O–H groups in total. The number of benzene rings is 1. The van der Waals surface area contributed by atoms with Crippen LogP contribution in [0.2, 0.25) is 0 Å². The van der Waals surface area contributed by atoms with E-state index in [0.29, 0.717) is 12.1 Å². The van der Waals surface area contributed by atoms with Gasteiger partial charge in [-0.1, -0.05) is 26.0 Å². The molecule has 8 heteroatoms. The highest BCUT2D eigenvalue weighted by Gasteiger charge is 2.32. The summed E-state index contributed by atoms with van der Waals surface area (Å²) in [7, 11) is -3.63. The van der Waals surface area contributed by atoms with Crippen LogP contribution >= 0.6 is 0 Å².